The minimum Gasteiger partial charge on any atom is -0.480 e. The molecule has 0 saturated heterocycles. The van der Waals surface area contributed by atoms with Crippen molar-refractivity contribution >= 4 is 11.9 Å². The van der Waals surface area contributed by atoms with Crippen LogP contribution in [-0.4, -0.2) is 53.5 Å². The zero-order valence-electron chi connectivity index (χ0n) is 11.7. The summed E-state index contributed by atoms with van der Waals surface area (Å²) >= 11 is 0. The fraction of sp³-hybridized carbons (Fsp3) is 0.538. The van der Waals surface area contributed by atoms with Crippen LogP contribution in [0.5, 0.6) is 0 Å². The van der Waals surface area contributed by atoms with Crippen molar-refractivity contribution in [2.24, 2.45) is 0 Å². The van der Waals surface area contributed by atoms with Gasteiger partial charge in [-0.2, -0.15) is 0 Å². The summed E-state index contributed by atoms with van der Waals surface area (Å²) in [4.78, 5) is 25.8. The summed E-state index contributed by atoms with van der Waals surface area (Å²) in [6.45, 7) is 3.82. The lowest BCUT2D eigenvalue weighted by molar-refractivity contribution is -0.143. The van der Waals surface area contributed by atoms with Crippen molar-refractivity contribution in [2.75, 3.05) is 20.6 Å². The molecule has 1 amide bonds. The van der Waals surface area contributed by atoms with Crippen LogP contribution in [0.4, 0.5) is 0 Å². The van der Waals surface area contributed by atoms with Crippen LogP contribution >= 0.6 is 0 Å². The predicted octanol–water partition coefficient (Wildman–Crippen LogP) is 0.951. The van der Waals surface area contributed by atoms with E-state index in [1.165, 1.54) is 9.80 Å². The Hall–Kier alpha value is -1.82. The highest BCUT2D eigenvalue weighted by Crippen LogP contribution is 2.09. The van der Waals surface area contributed by atoms with Gasteiger partial charge in [-0.05, 0) is 33.0 Å². The third-order valence-electron chi connectivity index (χ3n) is 3.02. The number of hydrogen-bond acceptors (Lipinski definition) is 4. The molecule has 1 aromatic rings. The second-order valence-electron chi connectivity index (χ2n) is 4.69. The van der Waals surface area contributed by atoms with Gasteiger partial charge in [-0.15, -0.1) is 0 Å². The molecule has 1 N–H and O–H groups in total. The number of furan rings is 1. The van der Waals surface area contributed by atoms with Gasteiger partial charge in [0.1, 0.15) is 17.6 Å². The average Bonchev–Trinajstić information content (AvgIpc) is 2.73. The number of carbonyl (C=O) groups excluding carboxylic acids is 1. The number of carboxylic acids is 1. The van der Waals surface area contributed by atoms with E-state index in [0.717, 1.165) is 5.76 Å². The minimum absolute atomic E-state index is 0.0592. The first kappa shape index (κ1) is 15.2. The summed E-state index contributed by atoms with van der Waals surface area (Å²) in [5, 5.41) is 8.86. The van der Waals surface area contributed by atoms with Gasteiger partial charge >= 0.3 is 5.97 Å². The largest absolute Gasteiger partial charge is 0.480 e. The number of rotatable bonds is 6. The highest BCUT2D eigenvalue weighted by Gasteiger charge is 2.21. The molecule has 106 valence electrons. The highest BCUT2D eigenvalue weighted by atomic mass is 16.4. The van der Waals surface area contributed by atoms with Crippen molar-refractivity contribution in [3.8, 4) is 0 Å². The molecule has 0 radical (unpaired) electrons. The van der Waals surface area contributed by atoms with Gasteiger partial charge in [0.05, 0.1) is 13.1 Å². The summed E-state index contributed by atoms with van der Waals surface area (Å²) in [5.41, 5.74) is 0. The first-order valence-electron chi connectivity index (χ1n) is 6.03. The Balaban J connectivity index is 2.51. The zero-order chi connectivity index (χ0) is 14.6. The third-order valence-corrected chi connectivity index (χ3v) is 3.02. The van der Waals surface area contributed by atoms with Crippen LogP contribution in [0.25, 0.3) is 0 Å². The lowest BCUT2D eigenvalue weighted by Crippen LogP contribution is -2.43. The SMILES string of the molecule is Cc1ccc(CN(C)C(=O)CN(C)C(C)C(=O)O)o1. The second-order valence-corrected chi connectivity index (χ2v) is 4.69. The van der Waals surface area contributed by atoms with E-state index in [9.17, 15) is 9.59 Å². The summed E-state index contributed by atoms with van der Waals surface area (Å²) in [7, 11) is 3.28. The maximum absolute atomic E-state index is 11.9. The molecule has 0 bridgehead atoms. The molecule has 0 aliphatic carbocycles. The molecule has 0 aliphatic rings. The summed E-state index contributed by atoms with van der Waals surface area (Å²) < 4.78 is 5.39. The molecule has 0 aromatic carbocycles. The Kier molecular flexibility index (Phi) is 5.11. The first-order valence-corrected chi connectivity index (χ1v) is 6.03. The molecule has 0 aliphatic heterocycles. The van der Waals surface area contributed by atoms with Gasteiger partial charge in [-0.25, -0.2) is 0 Å². The molecule has 1 aromatic heterocycles. The molecule has 19 heavy (non-hydrogen) atoms. The Labute approximate surface area is 112 Å². The maximum Gasteiger partial charge on any atom is 0.320 e. The number of carbonyl (C=O) groups is 2. The van der Waals surface area contributed by atoms with Crippen LogP contribution in [0.15, 0.2) is 16.5 Å². The van der Waals surface area contributed by atoms with Crippen LogP contribution in [0, 0.1) is 6.92 Å². The molecule has 1 heterocycles. The molecule has 1 atom stereocenters. The summed E-state index contributed by atoms with van der Waals surface area (Å²) in [6.07, 6.45) is 0. The van der Waals surface area contributed by atoms with Crippen LogP contribution in [0.1, 0.15) is 18.4 Å². The number of amides is 1. The van der Waals surface area contributed by atoms with E-state index in [0.29, 0.717) is 12.3 Å². The average molecular weight is 268 g/mol. The normalized spacial score (nSPS) is 12.5. The molecule has 6 heteroatoms. The van der Waals surface area contributed by atoms with Gasteiger partial charge in [-0.1, -0.05) is 0 Å². The van der Waals surface area contributed by atoms with Crippen LogP contribution in [-0.2, 0) is 16.1 Å². The lowest BCUT2D eigenvalue weighted by Gasteiger charge is -2.23. The van der Waals surface area contributed by atoms with Gasteiger partial charge in [0.15, 0.2) is 0 Å². The van der Waals surface area contributed by atoms with Gasteiger partial charge in [-0.3, -0.25) is 14.5 Å². The van der Waals surface area contributed by atoms with Crippen LogP contribution in [0.2, 0.25) is 0 Å². The quantitative estimate of drug-likeness (QED) is 0.831. The molecule has 0 saturated carbocycles. The van der Waals surface area contributed by atoms with Crippen molar-refractivity contribution in [3.63, 3.8) is 0 Å². The van der Waals surface area contributed by atoms with E-state index < -0.39 is 12.0 Å². The standard InChI is InChI=1S/C13H20N2O4/c1-9-5-6-11(19-9)7-15(4)12(16)8-14(3)10(2)13(17)18/h5-6,10H,7-8H2,1-4H3,(H,17,18). The molecular formula is C13H20N2O4. The number of carboxylic acid groups (broad SMARTS) is 1. The molecule has 0 fully saturated rings. The van der Waals surface area contributed by atoms with E-state index in [1.807, 2.05) is 19.1 Å². The molecule has 6 nitrogen and oxygen atoms in total. The van der Waals surface area contributed by atoms with Gasteiger partial charge < -0.3 is 14.4 Å². The minimum atomic E-state index is -0.945. The fourth-order valence-electron chi connectivity index (χ4n) is 1.55. The van der Waals surface area contributed by atoms with Gasteiger partial charge in [0, 0.05) is 7.05 Å². The number of aliphatic carboxylic acids is 1. The fourth-order valence-corrected chi connectivity index (χ4v) is 1.55. The number of likely N-dealkylation sites (N-methyl/N-ethyl adjacent to an activating group) is 2. The van der Waals surface area contributed by atoms with Crippen molar-refractivity contribution < 1.29 is 19.1 Å². The van der Waals surface area contributed by atoms with Crippen LogP contribution < -0.4 is 0 Å². The lowest BCUT2D eigenvalue weighted by atomic mass is 10.3. The Morgan fingerprint density at radius 2 is 2.00 bits per heavy atom. The smallest absolute Gasteiger partial charge is 0.320 e. The van der Waals surface area contributed by atoms with Crippen LogP contribution in [0.3, 0.4) is 0 Å². The number of hydrogen-bond donors (Lipinski definition) is 1. The Morgan fingerprint density at radius 1 is 1.37 bits per heavy atom. The van der Waals surface area contributed by atoms with E-state index in [-0.39, 0.29) is 12.5 Å². The molecule has 1 unspecified atom stereocenters. The topological polar surface area (TPSA) is 74.0 Å². The zero-order valence-corrected chi connectivity index (χ0v) is 11.7. The van der Waals surface area contributed by atoms with E-state index in [2.05, 4.69) is 0 Å². The molecule has 0 spiro atoms. The van der Waals surface area contributed by atoms with Crippen molar-refractivity contribution in [1.82, 2.24) is 9.80 Å². The summed E-state index contributed by atoms with van der Waals surface area (Å²) in [5.74, 6) is 0.416. The predicted molar refractivity (Wildman–Crippen MR) is 69.6 cm³/mol. The van der Waals surface area contributed by atoms with E-state index in [1.54, 1.807) is 21.0 Å². The summed E-state index contributed by atoms with van der Waals surface area (Å²) in [6, 6.07) is 2.97. The highest BCUT2D eigenvalue weighted by molar-refractivity contribution is 5.79. The monoisotopic (exact) mass is 268 g/mol. The van der Waals surface area contributed by atoms with Gasteiger partial charge in [0.25, 0.3) is 0 Å². The number of aryl methyl sites for hydroxylation is 1. The first-order chi connectivity index (χ1) is 8.81. The molecular weight excluding hydrogens is 248 g/mol. The van der Waals surface area contributed by atoms with Gasteiger partial charge in [0.2, 0.25) is 5.91 Å². The van der Waals surface area contributed by atoms with Crippen molar-refractivity contribution in [3.05, 3.63) is 23.7 Å². The van der Waals surface area contributed by atoms with Crippen molar-refractivity contribution in [1.29, 1.82) is 0 Å². The Bertz CT molecular complexity index is 455. The van der Waals surface area contributed by atoms with Crippen molar-refractivity contribution in [2.45, 2.75) is 26.4 Å². The molecule has 1 rings (SSSR count). The third kappa shape index (κ3) is 4.40. The second kappa shape index (κ2) is 6.38. The van der Waals surface area contributed by atoms with E-state index >= 15 is 0 Å². The number of nitrogens with zero attached hydrogens (tertiary/aromatic N) is 2. The Morgan fingerprint density at radius 3 is 2.47 bits per heavy atom. The van der Waals surface area contributed by atoms with E-state index in [4.69, 9.17) is 9.52 Å². The maximum atomic E-state index is 11.9.